The molecule has 6 nitrogen and oxygen atoms in total. The van der Waals surface area contributed by atoms with Crippen LogP contribution in [0.5, 0.6) is 0 Å². The first kappa shape index (κ1) is 12.6. The van der Waals surface area contributed by atoms with Crippen molar-refractivity contribution in [2.24, 2.45) is 5.73 Å². The summed E-state index contributed by atoms with van der Waals surface area (Å²) < 4.78 is 5.35. The molecule has 1 amide bonds. The van der Waals surface area contributed by atoms with Gasteiger partial charge >= 0.3 is 0 Å². The third kappa shape index (κ3) is 2.14. The summed E-state index contributed by atoms with van der Waals surface area (Å²) in [7, 11) is 0. The van der Waals surface area contributed by atoms with E-state index in [4.69, 9.17) is 10.3 Å². The lowest BCUT2D eigenvalue weighted by Crippen LogP contribution is -2.34. The Morgan fingerprint density at radius 2 is 2.21 bits per heavy atom. The normalized spacial score (nSPS) is 26.3. The van der Waals surface area contributed by atoms with Crippen molar-refractivity contribution in [2.45, 2.75) is 50.5 Å². The van der Waals surface area contributed by atoms with E-state index in [0.29, 0.717) is 24.7 Å². The minimum atomic E-state index is -0.422. The lowest BCUT2D eigenvalue weighted by atomic mass is 9.98. The molecule has 0 aromatic carbocycles. The van der Waals surface area contributed by atoms with Crippen molar-refractivity contribution in [2.75, 3.05) is 13.1 Å². The van der Waals surface area contributed by atoms with Gasteiger partial charge in [-0.05, 0) is 19.8 Å². The van der Waals surface area contributed by atoms with E-state index in [1.165, 1.54) is 0 Å². The van der Waals surface area contributed by atoms with E-state index in [2.05, 4.69) is 10.1 Å². The molecule has 1 aromatic heterocycles. The number of nitrogens with zero attached hydrogens (tertiary/aromatic N) is 3. The van der Waals surface area contributed by atoms with Crippen LogP contribution in [-0.4, -0.2) is 34.0 Å². The van der Waals surface area contributed by atoms with E-state index in [1.54, 1.807) is 0 Å². The molecule has 1 aliphatic heterocycles. The van der Waals surface area contributed by atoms with Crippen molar-refractivity contribution >= 4 is 5.91 Å². The van der Waals surface area contributed by atoms with Gasteiger partial charge in [0.15, 0.2) is 5.82 Å². The molecule has 1 unspecified atom stereocenters. The summed E-state index contributed by atoms with van der Waals surface area (Å²) in [5, 5.41) is 4.05. The molecule has 1 atom stereocenters. The van der Waals surface area contributed by atoms with Crippen molar-refractivity contribution in [3.63, 3.8) is 0 Å². The van der Waals surface area contributed by atoms with E-state index in [0.717, 1.165) is 32.2 Å². The maximum Gasteiger partial charge on any atom is 0.232 e. The molecule has 3 rings (SSSR count). The predicted octanol–water partition coefficient (Wildman–Crippen LogP) is 1.13. The molecule has 1 saturated heterocycles. The van der Waals surface area contributed by atoms with Crippen LogP contribution in [0, 0.1) is 0 Å². The van der Waals surface area contributed by atoms with Crippen LogP contribution in [0.1, 0.15) is 56.7 Å². The van der Waals surface area contributed by atoms with Crippen LogP contribution in [0.3, 0.4) is 0 Å². The molecular formula is C13H20N4O2. The van der Waals surface area contributed by atoms with Gasteiger partial charge in [-0.25, -0.2) is 0 Å². The molecule has 0 radical (unpaired) electrons. The van der Waals surface area contributed by atoms with Gasteiger partial charge in [0.25, 0.3) is 0 Å². The highest BCUT2D eigenvalue weighted by atomic mass is 16.5. The number of aromatic nitrogens is 2. The molecule has 1 aliphatic carbocycles. The van der Waals surface area contributed by atoms with Crippen molar-refractivity contribution in [3.8, 4) is 0 Å². The van der Waals surface area contributed by atoms with Crippen molar-refractivity contribution in [1.29, 1.82) is 0 Å². The van der Waals surface area contributed by atoms with E-state index in [1.807, 2.05) is 11.8 Å². The van der Waals surface area contributed by atoms with Crippen molar-refractivity contribution in [3.05, 3.63) is 11.7 Å². The van der Waals surface area contributed by atoms with Crippen LogP contribution >= 0.6 is 0 Å². The van der Waals surface area contributed by atoms with Crippen LogP contribution in [-0.2, 0) is 10.3 Å². The van der Waals surface area contributed by atoms with Gasteiger partial charge < -0.3 is 15.2 Å². The van der Waals surface area contributed by atoms with Crippen LogP contribution in [0.15, 0.2) is 4.52 Å². The second-order valence-corrected chi connectivity index (χ2v) is 5.65. The minimum absolute atomic E-state index is 0.0266. The molecular weight excluding hydrogens is 244 g/mol. The summed E-state index contributed by atoms with van der Waals surface area (Å²) in [6.07, 6.45) is 4.53. The van der Waals surface area contributed by atoms with E-state index >= 15 is 0 Å². The zero-order valence-corrected chi connectivity index (χ0v) is 11.3. The Labute approximate surface area is 112 Å². The number of carbonyl (C=O) groups excluding carboxylic acids is 1. The Bertz CT molecular complexity index is 479. The summed E-state index contributed by atoms with van der Waals surface area (Å²) in [5.41, 5.74) is 5.89. The summed E-state index contributed by atoms with van der Waals surface area (Å²) in [4.78, 5) is 18.0. The third-order valence-electron chi connectivity index (χ3n) is 4.33. The molecule has 104 valence electrons. The molecule has 2 fully saturated rings. The maximum atomic E-state index is 11.7. The number of rotatable bonds is 3. The van der Waals surface area contributed by atoms with Crippen LogP contribution in [0.2, 0.25) is 0 Å². The molecule has 2 heterocycles. The van der Waals surface area contributed by atoms with Gasteiger partial charge in [0.1, 0.15) is 0 Å². The van der Waals surface area contributed by atoms with Crippen molar-refractivity contribution in [1.82, 2.24) is 15.0 Å². The Hall–Kier alpha value is -1.43. The molecule has 0 spiro atoms. The van der Waals surface area contributed by atoms with Gasteiger partial charge in [-0.1, -0.05) is 18.0 Å². The standard InChI is InChI=1S/C13H20N4O2/c1-2-17-8-9(7-10(17)18)11-15-12(16-19-11)13(14)5-3-4-6-13/h9H,2-8,14H2,1H3. The Morgan fingerprint density at radius 1 is 1.47 bits per heavy atom. The highest BCUT2D eigenvalue weighted by Crippen LogP contribution is 2.36. The zero-order chi connectivity index (χ0) is 13.5. The summed E-state index contributed by atoms with van der Waals surface area (Å²) in [6, 6.07) is 0. The molecule has 0 bridgehead atoms. The fourth-order valence-corrected chi connectivity index (χ4v) is 3.08. The number of amides is 1. The second-order valence-electron chi connectivity index (χ2n) is 5.65. The van der Waals surface area contributed by atoms with Crippen molar-refractivity contribution < 1.29 is 9.32 Å². The smallest absolute Gasteiger partial charge is 0.232 e. The quantitative estimate of drug-likeness (QED) is 0.884. The van der Waals surface area contributed by atoms with Gasteiger partial charge in [0.05, 0.1) is 11.5 Å². The third-order valence-corrected chi connectivity index (χ3v) is 4.33. The van der Waals surface area contributed by atoms with E-state index < -0.39 is 5.54 Å². The zero-order valence-electron chi connectivity index (χ0n) is 11.3. The van der Waals surface area contributed by atoms with E-state index in [9.17, 15) is 4.79 Å². The number of likely N-dealkylation sites (tertiary alicyclic amines) is 1. The topological polar surface area (TPSA) is 85.2 Å². The first-order valence-corrected chi connectivity index (χ1v) is 7.03. The van der Waals surface area contributed by atoms with Crippen LogP contribution in [0.25, 0.3) is 0 Å². The predicted molar refractivity (Wildman–Crippen MR) is 68.2 cm³/mol. The summed E-state index contributed by atoms with van der Waals surface area (Å²) >= 11 is 0. The second kappa shape index (κ2) is 4.59. The maximum absolute atomic E-state index is 11.7. The average Bonchev–Trinajstić information content (AvgIpc) is 3.07. The molecule has 2 aliphatic rings. The SMILES string of the molecule is CCN1CC(c2nc(C3(N)CCCC3)no2)CC1=O. The number of hydrogen-bond acceptors (Lipinski definition) is 5. The van der Waals surface area contributed by atoms with Crippen LogP contribution < -0.4 is 5.73 Å². The monoisotopic (exact) mass is 264 g/mol. The number of nitrogens with two attached hydrogens (primary N) is 1. The molecule has 1 aromatic rings. The lowest BCUT2D eigenvalue weighted by molar-refractivity contribution is -0.127. The summed E-state index contributed by atoms with van der Waals surface area (Å²) in [5.74, 6) is 1.37. The largest absolute Gasteiger partial charge is 0.342 e. The Kier molecular flexibility index (Phi) is 3.05. The molecule has 2 N–H and O–H groups in total. The molecule has 1 saturated carbocycles. The minimum Gasteiger partial charge on any atom is -0.342 e. The Morgan fingerprint density at radius 3 is 2.84 bits per heavy atom. The number of likely N-dealkylation sites (N-methyl/N-ethyl adjacent to an activating group) is 1. The van der Waals surface area contributed by atoms with Gasteiger partial charge in [0.2, 0.25) is 11.8 Å². The first-order chi connectivity index (χ1) is 9.12. The fraction of sp³-hybridized carbons (Fsp3) is 0.769. The van der Waals surface area contributed by atoms with Gasteiger partial charge in [-0.3, -0.25) is 4.79 Å². The van der Waals surface area contributed by atoms with Gasteiger partial charge in [-0.15, -0.1) is 0 Å². The molecule has 6 heteroatoms. The summed E-state index contributed by atoms with van der Waals surface area (Å²) in [6.45, 7) is 3.39. The first-order valence-electron chi connectivity index (χ1n) is 7.03. The highest BCUT2D eigenvalue weighted by molar-refractivity contribution is 5.79. The van der Waals surface area contributed by atoms with Crippen LogP contribution in [0.4, 0.5) is 0 Å². The average molecular weight is 264 g/mol. The van der Waals surface area contributed by atoms with E-state index in [-0.39, 0.29) is 11.8 Å². The Balaban J connectivity index is 1.77. The number of carbonyl (C=O) groups is 1. The fourth-order valence-electron chi connectivity index (χ4n) is 3.08. The molecule has 19 heavy (non-hydrogen) atoms. The number of hydrogen-bond donors (Lipinski definition) is 1. The van der Waals surface area contributed by atoms with Gasteiger partial charge in [0, 0.05) is 19.5 Å². The highest BCUT2D eigenvalue weighted by Gasteiger charge is 2.38. The lowest BCUT2D eigenvalue weighted by Gasteiger charge is -2.17. The van der Waals surface area contributed by atoms with Gasteiger partial charge in [-0.2, -0.15) is 4.98 Å².